The van der Waals surface area contributed by atoms with Crippen molar-refractivity contribution in [2.24, 2.45) is 28.6 Å². The molecule has 0 aromatic carbocycles. The normalized spacial score (nSPS) is 42.9. The molecule has 0 heteroatoms. The van der Waals surface area contributed by atoms with Crippen LogP contribution in [0.25, 0.3) is 0 Å². The smallest absolute Gasteiger partial charge is 0.0290 e. The zero-order chi connectivity index (χ0) is 12.7. The SMILES string of the molecule is CCC(C)C1CC[C@H]2C(C)(C)CCC[C@]2(C)C1. The minimum Gasteiger partial charge on any atom is -0.0651 e. The zero-order valence-electron chi connectivity index (χ0n) is 12.7. The molecule has 100 valence electrons. The first-order valence-electron chi connectivity index (χ1n) is 7.89. The van der Waals surface area contributed by atoms with Gasteiger partial charge in [-0.05, 0) is 60.7 Å². The Labute approximate surface area is 109 Å². The average Bonchev–Trinajstić information content (AvgIpc) is 2.26. The zero-order valence-corrected chi connectivity index (χ0v) is 12.7. The molecule has 0 heterocycles. The maximum Gasteiger partial charge on any atom is -0.0290 e. The van der Waals surface area contributed by atoms with Gasteiger partial charge in [-0.2, -0.15) is 0 Å². The molecule has 0 aliphatic heterocycles. The standard InChI is InChI=1S/C17H32/c1-6-13(2)14-8-9-15-16(3,4)10-7-11-17(15,5)12-14/h13-15H,6-12H2,1-5H3/t13?,14?,15-,17+/m0/s1. The lowest BCUT2D eigenvalue weighted by Crippen LogP contribution is -2.46. The second-order valence-electron chi connectivity index (χ2n) is 7.98. The molecule has 0 aromatic rings. The Balaban J connectivity index is 2.13. The summed E-state index contributed by atoms with van der Waals surface area (Å²) in [7, 11) is 0. The Hall–Kier alpha value is 0. The highest BCUT2D eigenvalue weighted by Crippen LogP contribution is 2.59. The maximum absolute atomic E-state index is 2.60. The molecule has 0 N–H and O–H groups in total. The first-order valence-corrected chi connectivity index (χ1v) is 7.89. The number of fused-ring (bicyclic) bond motifs is 1. The quantitative estimate of drug-likeness (QED) is 0.580. The summed E-state index contributed by atoms with van der Waals surface area (Å²) in [5.74, 6) is 2.94. The van der Waals surface area contributed by atoms with Crippen LogP contribution in [0.5, 0.6) is 0 Å². The van der Waals surface area contributed by atoms with E-state index in [9.17, 15) is 0 Å². The average molecular weight is 236 g/mol. The van der Waals surface area contributed by atoms with Crippen LogP contribution in [-0.2, 0) is 0 Å². The van der Waals surface area contributed by atoms with E-state index in [4.69, 9.17) is 0 Å². The van der Waals surface area contributed by atoms with Crippen molar-refractivity contribution < 1.29 is 0 Å². The minimum absolute atomic E-state index is 0.605. The van der Waals surface area contributed by atoms with Gasteiger partial charge in [0.2, 0.25) is 0 Å². The van der Waals surface area contributed by atoms with Gasteiger partial charge < -0.3 is 0 Å². The van der Waals surface area contributed by atoms with Gasteiger partial charge >= 0.3 is 0 Å². The molecule has 0 bridgehead atoms. The molecule has 0 aromatic heterocycles. The summed E-state index contributed by atoms with van der Waals surface area (Å²) in [5.41, 5.74) is 1.27. The second kappa shape index (κ2) is 4.59. The predicted octanol–water partition coefficient (Wildman–Crippen LogP) is 5.67. The van der Waals surface area contributed by atoms with E-state index in [0.29, 0.717) is 10.8 Å². The van der Waals surface area contributed by atoms with Crippen LogP contribution in [0.3, 0.4) is 0 Å². The molecule has 0 amide bonds. The molecule has 2 aliphatic rings. The van der Waals surface area contributed by atoms with Crippen molar-refractivity contribution in [1.29, 1.82) is 0 Å². The molecule has 4 atom stereocenters. The summed E-state index contributed by atoms with van der Waals surface area (Å²) in [6, 6.07) is 0. The van der Waals surface area contributed by atoms with E-state index >= 15 is 0 Å². The van der Waals surface area contributed by atoms with Crippen molar-refractivity contribution >= 4 is 0 Å². The lowest BCUT2D eigenvalue weighted by Gasteiger charge is -2.56. The number of hydrogen-bond donors (Lipinski definition) is 0. The van der Waals surface area contributed by atoms with Gasteiger partial charge in [0.1, 0.15) is 0 Å². The molecule has 0 nitrogen and oxygen atoms in total. The lowest BCUT2D eigenvalue weighted by atomic mass is 9.49. The van der Waals surface area contributed by atoms with Gasteiger partial charge in [0.25, 0.3) is 0 Å². The third kappa shape index (κ3) is 2.42. The molecule has 2 unspecified atom stereocenters. The van der Waals surface area contributed by atoms with E-state index in [2.05, 4.69) is 34.6 Å². The van der Waals surface area contributed by atoms with Gasteiger partial charge in [-0.1, -0.05) is 47.5 Å². The summed E-state index contributed by atoms with van der Waals surface area (Å²) < 4.78 is 0. The van der Waals surface area contributed by atoms with Gasteiger partial charge in [0.15, 0.2) is 0 Å². The lowest BCUT2D eigenvalue weighted by molar-refractivity contribution is -0.0581. The van der Waals surface area contributed by atoms with E-state index in [1.807, 2.05) is 0 Å². The van der Waals surface area contributed by atoms with E-state index in [-0.39, 0.29) is 0 Å². The fourth-order valence-electron chi connectivity index (χ4n) is 5.12. The molecule has 0 saturated heterocycles. The van der Waals surface area contributed by atoms with Crippen LogP contribution in [0.2, 0.25) is 0 Å². The van der Waals surface area contributed by atoms with Crippen LogP contribution in [0.4, 0.5) is 0 Å². The first-order chi connectivity index (χ1) is 7.89. The van der Waals surface area contributed by atoms with E-state index in [0.717, 1.165) is 17.8 Å². The largest absolute Gasteiger partial charge is 0.0651 e. The van der Waals surface area contributed by atoms with Gasteiger partial charge in [-0.15, -0.1) is 0 Å². The van der Waals surface area contributed by atoms with Crippen LogP contribution in [0, 0.1) is 28.6 Å². The molecule has 0 radical (unpaired) electrons. The van der Waals surface area contributed by atoms with Crippen molar-refractivity contribution in [2.45, 2.75) is 79.6 Å². The molecular weight excluding hydrogens is 204 g/mol. The van der Waals surface area contributed by atoms with E-state index in [1.165, 1.54) is 44.9 Å². The Kier molecular flexibility index (Phi) is 3.63. The van der Waals surface area contributed by atoms with Gasteiger partial charge in [-0.25, -0.2) is 0 Å². The monoisotopic (exact) mass is 236 g/mol. The summed E-state index contributed by atoms with van der Waals surface area (Å²) >= 11 is 0. The van der Waals surface area contributed by atoms with Gasteiger partial charge in [0, 0.05) is 0 Å². The van der Waals surface area contributed by atoms with Crippen molar-refractivity contribution in [3.05, 3.63) is 0 Å². The van der Waals surface area contributed by atoms with E-state index in [1.54, 1.807) is 0 Å². The predicted molar refractivity (Wildman–Crippen MR) is 76.0 cm³/mol. The molecule has 2 rings (SSSR count). The van der Waals surface area contributed by atoms with E-state index < -0.39 is 0 Å². The molecule has 0 spiro atoms. The third-order valence-electron chi connectivity index (χ3n) is 6.36. The Morgan fingerprint density at radius 1 is 1.12 bits per heavy atom. The minimum atomic E-state index is 0.605. The number of rotatable bonds is 2. The summed E-state index contributed by atoms with van der Waals surface area (Å²) in [6.45, 7) is 12.5. The molecule has 2 fully saturated rings. The highest BCUT2D eigenvalue weighted by atomic mass is 14.5. The third-order valence-corrected chi connectivity index (χ3v) is 6.36. The van der Waals surface area contributed by atoms with Crippen LogP contribution in [-0.4, -0.2) is 0 Å². The van der Waals surface area contributed by atoms with Gasteiger partial charge in [-0.3, -0.25) is 0 Å². The fourth-order valence-corrected chi connectivity index (χ4v) is 5.12. The van der Waals surface area contributed by atoms with Crippen LogP contribution in [0.15, 0.2) is 0 Å². The Morgan fingerprint density at radius 3 is 2.47 bits per heavy atom. The van der Waals surface area contributed by atoms with Crippen LogP contribution in [0.1, 0.15) is 79.6 Å². The van der Waals surface area contributed by atoms with Crippen molar-refractivity contribution in [1.82, 2.24) is 0 Å². The Bertz CT molecular complexity index is 265. The second-order valence-corrected chi connectivity index (χ2v) is 7.98. The molecule has 17 heavy (non-hydrogen) atoms. The molecule has 2 aliphatic carbocycles. The highest BCUT2D eigenvalue weighted by molar-refractivity contribution is 4.99. The molecule has 2 saturated carbocycles. The highest BCUT2D eigenvalue weighted by Gasteiger charge is 2.49. The summed E-state index contributed by atoms with van der Waals surface area (Å²) in [5, 5.41) is 0. The Morgan fingerprint density at radius 2 is 1.82 bits per heavy atom. The van der Waals surface area contributed by atoms with Crippen molar-refractivity contribution in [3.8, 4) is 0 Å². The van der Waals surface area contributed by atoms with Gasteiger partial charge in [0.05, 0.1) is 0 Å². The fraction of sp³-hybridized carbons (Fsp3) is 1.00. The number of hydrogen-bond acceptors (Lipinski definition) is 0. The maximum atomic E-state index is 2.60. The first kappa shape index (κ1) is 13.4. The van der Waals surface area contributed by atoms with Crippen molar-refractivity contribution in [2.75, 3.05) is 0 Å². The van der Waals surface area contributed by atoms with Crippen LogP contribution >= 0.6 is 0 Å². The van der Waals surface area contributed by atoms with Crippen molar-refractivity contribution in [3.63, 3.8) is 0 Å². The summed E-state index contributed by atoms with van der Waals surface area (Å²) in [4.78, 5) is 0. The van der Waals surface area contributed by atoms with Crippen LogP contribution < -0.4 is 0 Å². The topological polar surface area (TPSA) is 0 Å². The molecular formula is C17H32. The summed E-state index contributed by atoms with van der Waals surface area (Å²) in [6.07, 6.45) is 10.3.